The minimum absolute atomic E-state index is 0.0142. The Morgan fingerprint density at radius 2 is 2.08 bits per heavy atom. The van der Waals surface area contributed by atoms with Gasteiger partial charge in [0.25, 0.3) is 0 Å². The molecule has 132 valence electrons. The first-order valence-electron chi connectivity index (χ1n) is 7.82. The number of rotatable bonds is 2. The van der Waals surface area contributed by atoms with Crippen molar-refractivity contribution < 1.29 is 23.8 Å². The van der Waals surface area contributed by atoms with Gasteiger partial charge in [0.2, 0.25) is 5.91 Å². The minimum Gasteiger partial charge on any atom is -0.444 e. The van der Waals surface area contributed by atoms with Crippen LogP contribution < -0.4 is 0 Å². The van der Waals surface area contributed by atoms with Crippen LogP contribution in [0.15, 0.2) is 24.3 Å². The lowest BCUT2D eigenvalue weighted by Gasteiger charge is -2.26. The van der Waals surface area contributed by atoms with E-state index < -0.39 is 17.8 Å². The zero-order valence-corrected chi connectivity index (χ0v) is 14.2. The standard InChI is InChI=1S/C17H23FN2O4/c1-17(2,3)24-16(23)20-10-14(21)9-19(15(22)11-20)8-12-5-4-6-13(18)7-12/h4-7,14,21H,8-11H2,1-3H3. The van der Waals surface area contributed by atoms with E-state index in [0.29, 0.717) is 5.56 Å². The smallest absolute Gasteiger partial charge is 0.410 e. The molecule has 7 heteroatoms. The number of ether oxygens (including phenoxy) is 1. The fourth-order valence-electron chi connectivity index (χ4n) is 2.47. The Morgan fingerprint density at radius 3 is 2.71 bits per heavy atom. The third kappa shape index (κ3) is 5.19. The second-order valence-electron chi connectivity index (χ2n) is 6.92. The SMILES string of the molecule is CC(C)(C)OC(=O)N1CC(=O)N(Cc2cccc(F)c2)CC(O)C1. The van der Waals surface area contributed by atoms with E-state index in [4.69, 9.17) is 4.74 Å². The molecule has 6 nitrogen and oxygen atoms in total. The predicted octanol–water partition coefficient (Wildman–Crippen LogP) is 1.77. The Balaban J connectivity index is 2.07. The number of aliphatic hydroxyl groups excluding tert-OH is 1. The highest BCUT2D eigenvalue weighted by molar-refractivity contribution is 5.83. The van der Waals surface area contributed by atoms with Crippen LogP contribution in [0.2, 0.25) is 0 Å². The van der Waals surface area contributed by atoms with Gasteiger partial charge >= 0.3 is 6.09 Å². The highest BCUT2D eigenvalue weighted by Gasteiger charge is 2.31. The molecule has 1 aliphatic rings. The molecule has 1 aliphatic heterocycles. The van der Waals surface area contributed by atoms with E-state index in [-0.39, 0.29) is 37.9 Å². The molecule has 1 unspecified atom stereocenters. The Morgan fingerprint density at radius 1 is 1.38 bits per heavy atom. The van der Waals surface area contributed by atoms with Gasteiger partial charge in [0.1, 0.15) is 18.0 Å². The van der Waals surface area contributed by atoms with Crippen LogP contribution in [0.5, 0.6) is 0 Å². The van der Waals surface area contributed by atoms with Crippen LogP contribution in [0, 0.1) is 5.82 Å². The molecule has 0 aliphatic carbocycles. The number of β-amino-alcohol motifs (C(OH)–C–C–N with tert-alkyl or cyclic N) is 1. The summed E-state index contributed by atoms with van der Waals surface area (Å²) in [5.41, 5.74) is -0.0557. The molecule has 0 spiro atoms. The van der Waals surface area contributed by atoms with Gasteiger partial charge in [-0.2, -0.15) is 0 Å². The number of hydrogen-bond donors (Lipinski definition) is 1. The second kappa shape index (κ2) is 7.17. The second-order valence-corrected chi connectivity index (χ2v) is 6.92. The summed E-state index contributed by atoms with van der Waals surface area (Å²) in [6.45, 7) is 5.29. The Kier molecular flexibility index (Phi) is 5.43. The van der Waals surface area contributed by atoms with Gasteiger partial charge < -0.3 is 14.7 Å². The van der Waals surface area contributed by atoms with E-state index in [1.165, 1.54) is 21.9 Å². The molecule has 1 heterocycles. The van der Waals surface area contributed by atoms with Crippen molar-refractivity contribution in [3.05, 3.63) is 35.6 Å². The maximum atomic E-state index is 13.3. The number of aliphatic hydroxyl groups is 1. The van der Waals surface area contributed by atoms with Gasteiger partial charge in [0, 0.05) is 13.1 Å². The molecule has 1 aromatic rings. The van der Waals surface area contributed by atoms with E-state index in [1.807, 2.05) is 0 Å². The molecular formula is C17H23FN2O4. The van der Waals surface area contributed by atoms with Crippen LogP contribution in [0.25, 0.3) is 0 Å². The van der Waals surface area contributed by atoms with E-state index in [2.05, 4.69) is 0 Å². The topological polar surface area (TPSA) is 70.1 Å². The third-order valence-electron chi connectivity index (χ3n) is 3.46. The molecule has 0 bridgehead atoms. The molecule has 1 saturated heterocycles. The molecule has 2 amide bonds. The largest absolute Gasteiger partial charge is 0.444 e. The first kappa shape index (κ1) is 18.2. The summed E-state index contributed by atoms with van der Waals surface area (Å²) in [7, 11) is 0. The lowest BCUT2D eigenvalue weighted by Crippen LogP contribution is -2.42. The predicted molar refractivity (Wildman–Crippen MR) is 85.6 cm³/mol. The summed E-state index contributed by atoms with van der Waals surface area (Å²) < 4.78 is 18.5. The monoisotopic (exact) mass is 338 g/mol. The lowest BCUT2D eigenvalue weighted by atomic mass is 10.2. The highest BCUT2D eigenvalue weighted by Crippen LogP contribution is 2.15. The summed E-state index contributed by atoms with van der Waals surface area (Å²) >= 11 is 0. The molecular weight excluding hydrogens is 315 g/mol. The number of halogens is 1. The van der Waals surface area contributed by atoms with Gasteiger partial charge in [0.05, 0.1) is 12.6 Å². The number of carbonyl (C=O) groups excluding carboxylic acids is 2. The molecule has 2 rings (SSSR count). The quantitative estimate of drug-likeness (QED) is 0.892. The van der Waals surface area contributed by atoms with Gasteiger partial charge in [-0.1, -0.05) is 12.1 Å². The first-order valence-corrected chi connectivity index (χ1v) is 7.82. The fourth-order valence-corrected chi connectivity index (χ4v) is 2.47. The molecule has 0 aromatic heterocycles. The summed E-state index contributed by atoms with van der Waals surface area (Å²) in [5.74, 6) is -0.702. The van der Waals surface area contributed by atoms with Crippen LogP contribution >= 0.6 is 0 Å². The van der Waals surface area contributed by atoms with Gasteiger partial charge in [-0.05, 0) is 38.5 Å². The summed E-state index contributed by atoms with van der Waals surface area (Å²) in [6.07, 6.45) is -1.53. The third-order valence-corrected chi connectivity index (χ3v) is 3.46. The van der Waals surface area contributed by atoms with Crippen LogP contribution in [0.1, 0.15) is 26.3 Å². The van der Waals surface area contributed by atoms with E-state index in [1.54, 1.807) is 32.9 Å². The zero-order valence-electron chi connectivity index (χ0n) is 14.2. The van der Waals surface area contributed by atoms with Crippen molar-refractivity contribution in [2.45, 2.75) is 39.0 Å². The van der Waals surface area contributed by atoms with E-state index in [9.17, 15) is 19.1 Å². The zero-order chi connectivity index (χ0) is 17.9. The molecule has 1 atom stereocenters. The van der Waals surface area contributed by atoms with Gasteiger partial charge in [-0.25, -0.2) is 9.18 Å². The molecule has 1 N–H and O–H groups in total. The average Bonchev–Trinajstić information content (AvgIpc) is 2.56. The van der Waals surface area contributed by atoms with Crippen LogP contribution in [-0.4, -0.2) is 58.2 Å². The van der Waals surface area contributed by atoms with Crippen molar-refractivity contribution >= 4 is 12.0 Å². The van der Waals surface area contributed by atoms with Gasteiger partial charge in [-0.3, -0.25) is 9.69 Å². The van der Waals surface area contributed by atoms with Crippen LogP contribution in [0.4, 0.5) is 9.18 Å². The number of benzene rings is 1. The lowest BCUT2D eigenvalue weighted by molar-refractivity contribution is -0.132. The normalized spacial score (nSPS) is 19.2. The van der Waals surface area contributed by atoms with Crippen molar-refractivity contribution in [2.75, 3.05) is 19.6 Å². The Labute approximate surface area is 140 Å². The van der Waals surface area contributed by atoms with Crippen LogP contribution in [-0.2, 0) is 16.1 Å². The van der Waals surface area contributed by atoms with Crippen molar-refractivity contribution in [2.24, 2.45) is 0 Å². The van der Waals surface area contributed by atoms with Gasteiger partial charge in [-0.15, -0.1) is 0 Å². The summed E-state index contributed by atoms with van der Waals surface area (Å²) in [4.78, 5) is 27.2. The van der Waals surface area contributed by atoms with Crippen LogP contribution in [0.3, 0.4) is 0 Å². The van der Waals surface area contributed by atoms with E-state index in [0.717, 1.165) is 0 Å². The fraction of sp³-hybridized carbons (Fsp3) is 0.529. The molecule has 24 heavy (non-hydrogen) atoms. The Hall–Kier alpha value is -2.15. The van der Waals surface area contributed by atoms with E-state index >= 15 is 0 Å². The summed E-state index contributed by atoms with van der Waals surface area (Å²) in [5, 5.41) is 10.1. The minimum atomic E-state index is -0.891. The number of hydrogen-bond acceptors (Lipinski definition) is 4. The maximum absolute atomic E-state index is 13.3. The molecule has 0 radical (unpaired) electrons. The maximum Gasteiger partial charge on any atom is 0.410 e. The van der Waals surface area contributed by atoms with Crippen molar-refractivity contribution in [1.29, 1.82) is 0 Å². The Bertz CT molecular complexity index is 615. The first-order chi connectivity index (χ1) is 11.1. The van der Waals surface area contributed by atoms with Crippen molar-refractivity contribution in [3.63, 3.8) is 0 Å². The summed E-state index contributed by atoms with van der Waals surface area (Å²) in [6, 6.07) is 5.94. The van der Waals surface area contributed by atoms with Gasteiger partial charge in [0.15, 0.2) is 0 Å². The molecule has 0 saturated carbocycles. The van der Waals surface area contributed by atoms with Crippen molar-refractivity contribution in [3.8, 4) is 0 Å². The number of nitrogens with zero attached hydrogens (tertiary/aromatic N) is 2. The number of amides is 2. The number of carbonyl (C=O) groups is 2. The average molecular weight is 338 g/mol. The molecule has 1 aromatic carbocycles. The molecule has 1 fully saturated rings. The highest BCUT2D eigenvalue weighted by atomic mass is 19.1. The van der Waals surface area contributed by atoms with Crippen molar-refractivity contribution in [1.82, 2.24) is 9.80 Å².